The fourth-order valence-electron chi connectivity index (χ4n) is 1.36. The maximum absolute atomic E-state index is 13.0. The number of hydrogen-bond acceptors (Lipinski definition) is 3. The van der Waals surface area contributed by atoms with Crippen LogP contribution in [-0.2, 0) is 4.74 Å². The molecule has 0 saturated carbocycles. The van der Waals surface area contributed by atoms with Crippen LogP contribution in [0.3, 0.4) is 0 Å². The molecule has 11 heteroatoms. The van der Waals surface area contributed by atoms with Crippen LogP contribution in [0.4, 0.5) is 31.5 Å². The van der Waals surface area contributed by atoms with Crippen molar-refractivity contribution in [3.05, 3.63) is 0 Å². The Kier molecular flexibility index (Phi) is 3.14. The molecule has 0 bridgehead atoms. The maximum Gasteiger partial charge on any atom is 0.457 e. The zero-order chi connectivity index (χ0) is 14.5. The van der Waals surface area contributed by atoms with Crippen LogP contribution >= 0.6 is 11.6 Å². The van der Waals surface area contributed by atoms with Crippen molar-refractivity contribution < 1.29 is 36.3 Å². The van der Waals surface area contributed by atoms with Gasteiger partial charge in [0.25, 0.3) is 0 Å². The van der Waals surface area contributed by atoms with Gasteiger partial charge < -0.3 is 4.74 Å². The van der Waals surface area contributed by atoms with Gasteiger partial charge in [-0.25, -0.2) is 14.5 Å². The van der Waals surface area contributed by atoms with Crippen LogP contribution in [0, 0.1) is 0 Å². The van der Waals surface area contributed by atoms with Crippen LogP contribution < -0.4 is 0 Å². The van der Waals surface area contributed by atoms with Gasteiger partial charge in [0.2, 0.25) is 0 Å². The average molecular weight is 297 g/mol. The lowest BCUT2D eigenvalue weighted by molar-refractivity contribution is -0.355. The molecule has 0 spiro atoms. The minimum Gasteiger partial charge on any atom is -0.404 e. The lowest BCUT2D eigenvalue weighted by Gasteiger charge is -2.47. The molecule has 18 heavy (non-hydrogen) atoms. The average Bonchev–Trinajstić information content (AvgIpc) is 2.16. The second-order valence-electron chi connectivity index (χ2n) is 3.41. The second-order valence-corrected chi connectivity index (χ2v) is 3.88. The molecular weight excluding hydrogens is 291 g/mol. The zero-order valence-corrected chi connectivity index (χ0v) is 9.64. The fourth-order valence-corrected chi connectivity index (χ4v) is 1.63. The van der Waals surface area contributed by atoms with Gasteiger partial charge in [-0.2, -0.15) is 22.0 Å². The van der Waals surface area contributed by atoms with E-state index in [1.165, 1.54) is 0 Å². The Labute approximate surface area is 102 Å². The van der Waals surface area contributed by atoms with Crippen LogP contribution in [0.25, 0.3) is 0 Å². The van der Waals surface area contributed by atoms with Gasteiger partial charge >= 0.3 is 29.4 Å². The third-order valence-electron chi connectivity index (χ3n) is 2.32. The van der Waals surface area contributed by atoms with Crippen molar-refractivity contribution in [3.8, 4) is 0 Å². The molecule has 0 aliphatic carbocycles. The summed E-state index contributed by atoms with van der Waals surface area (Å²) < 4.78 is 68.0. The molecule has 1 atom stereocenters. The van der Waals surface area contributed by atoms with E-state index < -0.39 is 34.3 Å². The van der Waals surface area contributed by atoms with E-state index in [4.69, 9.17) is 0 Å². The number of carbonyl (C=O) groups excluding carboxylic acids is 2. The molecule has 0 aromatic heterocycles. The number of amides is 3. The van der Waals surface area contributed by atoms with Crippen LogP contribution in [0.15, 0.2) is 0 Å². The Morgan fingerprint density at radius 2 is 1.61 bits per heavy atom. The number of alkyl halides is 6. The van der Waals surface area contributed by atoms with Gasteiger partial charge in [0.15, 0.2) is 0 Å². The molecule has 0 N–H and O–H groups in total. The summed E-state index contributed by atoms with van der Waals surface area (Å²) in [5.74, 6) is 0. The third-order valence-corrected chi connectivity index (χ3v) is 2.58. The number of halogens is 6. The molecule has 104 valence electrons. The monoisotopic (exact) mass is 296 g/mol. The number of nitrogens with zero attached hydrogens (tertiary/aromatic N) is 2. The Morgan fingerprint density at radius 1 is 1.17 bits per heavy atom. The maximum atomic E-state index is 13.0. The van der Waals surface area contributed by atoms with E-state index in [1.807, 2.05) is 0 Å². The number of hydrogen-bond donors (Lipinski definition) is 0. The van der Waals surface area contributed by atoms with Crippen LogP contribution in [0.1, 0.15) is 0 Å². The highest BCUT2D eigenvalue weighted by Crippen LogP contribution is 2.50. The summed E-state index contributed by atoms with van der Waals surface area (Å²) in [6, 6.07) is -1.62. The SMILES string of the molecule is CN1C(=O)OC(C(F)(F)F)(C(F)(F)Cl)N(C)C1=O. The van der Waals surface area contributed by atoms with Gasteiger partial charge in [0.05, 0.1) is 0 Å². The standard InChI is InChI=1S/C7H6ClF5N2O3/c1-14-3(16)15(2)5(6(8,9)10,7(11,12)13)18-4(14)17/h1-2H3. The van der Waals surface area contributed by atoms with E-state index in [9.17, 15) is 31.5 Å². The van der Waals surface area contributed by atoms with Crippen LogP contribution in [-0.4, -0.2) is 53.3 Å². The summed E-state index contributed by atoms with van der Waals surface area (Å²) in [4.78, 5) is 22.0. The summed E-state index contributed by atoms with van der Waals surface area (Å²) >= 11 is 4.38. The van der Waals surface area contributed by atoms with Crippen LogP contribution in [0.5, 0.6) is 0 Å². The first kappa shape index (κ1) is 14.7. The van der Waals surface area contributed by atoms with Crippen molar-refractivity contribution in [3.63, 3.8) is 0 Å². The Hall–Kier alpha value is -1.32. The lowest BCUT2D eigenvalue weighted by Crippen LogP contribution is -2.74. The number of cyclic esters (lactones) is 1. The predicted octanol–water partition coefficient (Wildman–Crippen LogP) is 2.21. The molecular formula is C7H6ClF5N2O3. The highest BCUT2D eigenvalue weighted by atomic mass is 35.5. The first-order valence-corrected chi connectivity index (χ1v) is 4.62. The highest BCUT2D eigenvalue weighted by Gasteiger charge is 2.78. The zero-order valence-electron chi connectivity index (χ0n) is 8.89. The van der Waals surface area contributed by atoms with E-state index in [-0.39, 0.29) is 4.90 Å². The number of rotatable bonds is 1. The molecule has 0 radical (unpaired) electrons. The molecule has 3 amide bonds. The van der Waals surface area contributed by atoms with Crippen molar-refractivity contribution >= 4 is 23.7 Å². The fraction of sp³-hybridized carbons (Fsp3) is 0.714. The smallest absolute Gasteiger partial charge is 0.404 e. The minimum absolute atomic E-state index is 0.104. The molecule has 1 unspecified atom stereocenters. The molecule has 0 aromatic carbocycles. The molecule has 1 aliphatic heterocycles. The van der Waals surface area contributed by atoms with Gasteiger partial charge in [0.1, 0.15) is 0 Å². The second kappa shape index (κ2) is 3.84. The van der Waals surface area contributed by atoms with Crippen molar-refractivity contribution in [1.29, 1.82) is 0 Å². The number of urea groups is 1. The number of imide groups is 1. The van der Waals surface area contributed by atoms with Crippen LogP contribution in [0.2, 0.25) is 0 Å². The van der Waals surface area contributed by atoms with E-state index in [0.717, 1.165) is 7.05 Å². The van der Waals surface area contributed by atoms with Crippen molar-refractivity contribution in [2.75, 3.05) is 14.1 Å². The molecule has 5 nitrogen and oxygen atoms in total. The largest absolute Gasteiger partial charge is 0.457 e. The summed E-state index contributed by atoms with van der Waals surface area (Å²) in [5.41, 5.74) is -4.54. The molecule has 1 heterocycles. The Bertz CT molecular complexity index is 380. The van der Waals surface area contributed by atoms with Gasteiger partial charge in [-0.3, -0.25) is 4.90 Å². The summed E-state index contributed by atoms with van der Waals surface area (Å²) in [6.07, 6.45) is -7.66. The molecule has 1 saturated heterocycles. The van der Waals surface area contributed by atoms with Crippen molar-refractivity contribution in [2.24, 2.45) is 0 Å². The molecule has 1 fully saturated rings. The number of ether oxygens (including phenoxy) is 1. The van der Waals surface area contributed by atoms with E-state index in [1.54, 1.807) is 0 Å². The summed E-state index contributed by atoms with van der Waals surface area (Å²) in [5, 5.41) is -5.05. The Balaban J connectivity index is 3.46. The third kappa shape index (κ3) is 1.74. The summed E-state index contributed by atoms with van der Waals surface area (Å²) in [7, 11) is 1.17. The quantitative estimate of drug-likeness (QED) is 0.550. The summed E-state index contributed by atoms with van der Waals surface area (Å²) in [6.45, 7) is 0. The van der Waals surface area contributed by atoms with E-state index in [2.05, 4.69) is 16.3 Å². The van der Waals surface area contributed by atoms with Gasteiger partial charge in [-0.05, 0) is 11.6 Å². The van der Waals surface area contributed by atoms with Gasteiger partial charge in [-0.1, -0.05) is 0 Å². The Morgan fingerprint density at radius 3 is 1.94 bits per heavy atom. The van der Waals surface area contributed by atoms with Crippen molar-refractivity contribution in [1.82, 2.24) is 9.80 Å². The first-order valence-electron chi connectivity index (χ1n) is 4.24. The van der Waals surface area contributed by atoms with E-state index >= 15 is 0 Å². The van der Waals surface area contributed by atoms with E-state index in [0.29, 0.717) is 7.05 Å². The van der Waals surface area contributed by atoms with Gasteiger partial charge in [-0.15, -0.1) is 0 Å². The molecule has 1 aliphatic rings. The lowest BCUT2D eigenvalue weighted by atomic mass is 10.1. The normalized spacial score (nSPS) is 26.4. The molecule has 0 aromatic rings. The predicted molar refractivity (Wildman–Crippen MR) is 47.0 cm³/mol. The van der Waals surface area contributed by atoms with Gasteiger partial charge in [0, 0.05) is 14.1 Å². The molecule has 1 rings (SSSR count). The topological polar surface area (TPSA) is 49.9 Å². The highest BCUT2D eigenvalue weighted by molar-refractivity contribution is 6.23. The minimum atomic E-state index is -5.78. The van der Waals surface area contributed by atoms with Crippen molar-refractivity contribution in [2.45, 2.75) is 17.3 Å². The first-order chi connectivity index (χ1) is 7.86. The number of carbonyl (C=O) groups is 2.